The summed E-state index contributed by atoms with van der Waals surface area (Å²) in [5.41, 5.74) is 1.74. The first-order valence-corrected chi connectivity index (χ1v) is 9.33. The summed E-state index contributed by atoms with van der Waals surface area (Å²) in [7, 11) is 0. The van der Waals surface area contributed by atoms with Crippen LogP contribution in [0, 0.1) is 10.1 Å². The van der Waals surface area contributed by atoms with E-state index in [0.717, 1.165) is 10.5 Å². The second-order valence-corrected chi connectivity index (χ2v) is 7.01. The molecular weight excluding hydrogens is 376 g/mol. The molecule has 0 fully saturated rings. The lowest BCUT2D eigenvalue weighted by Gasteiger charge is -2.30. The summed E-state index contributed by atoms with van der Waals surface area (Å²) in [5, 5.41) is 13.8. The number of rotatable bonds is 6. The van der Waals surface area contributed by atoms with Crippen molar-refractivity contribution in [2.24, 2.45) is 0 Å². The maximum absolute atomic E-state index is 12.7. The van der Waals surface area contributed by atoms with Gasteiger partial charge in [0.1, 0.15) is 6.54 Å². The summed E-state index contributed by atoms with van der Waals surface area (Å²) in [4.78, 5) is 40.7. The van der Waals surface area contributed by atoms with Crippen molar-refractivity contribution in [3.63, 3.8) is 0 Å². The van der Waals surface area contributed by atoms with E-state index in [2.05, 4.69) is 24.1 Å². The van der Waals surface area contributed by atoms with Crippen LogP contribution in [0.1, 0.15) is 38.7 Å². The van der Waals surface area contributed by atoms with Crippen molar-refractivity contribution in [3.05, 3.63) is 52.1 Å². The average Bonchev–Trinajstić information content (AvgIpc) is 2.69. The van der Waals surface area contributed by atoms with Gasteiger partial charge in [-0.05, 0) is 46.0 Å². The van der Waals surface area contributed by atoms with E-state index in [1.807, 2.05) is 12.1 Å². The summed E-state index contributed by atoms with van der Waals surface area (Å²) in [6.07, 6.45) is -0.381. The van der Waals surface area contributed by atoms with Crippen molar-refractivity contribution < 1.29 is 19.2 Å². The van der Waals surface area contributed by atoms with Crippen LogP contribution in [0.15, 0.2) is 36.4 Å². The van der Waals surface area contributed by atoms with Gasteiger partial charge in [0.15, 0.2) is 11.9 Å². The van der Waals surface area contributed by atoms with Crippen molar-refractivity contribution in [2.75, 3.05) is 16.8 Å². The maximum Gasteiger partial charge on any atom is 0.366 e. The Labute approximate surface area is 167 Å². The molecule has 9 heteroatoms. The fourth-order valence-corrected chi connectivity index (χ4v) is 3.00. The smallest absolute Gasteiger partial charge is 0.366 e. The summed E-state index contributed by atoms with van der Waals surface area (Å²) >= 11 is 0. The van der Waals surface area contributed by atoms with Gasteiger partial charge in [0.05, 0.1) is 0 Å². The highest BCUT2D eigenvalue weighted by molar-refractivity contribution is 6.05. The number of amides is 2. The van der Waals surface area contributed by atoms with Crippen LogP contribution in [0.5, 0.6) is 5.75 Å². The molecule has 0 saturated carbocycles. The zero-order chi connectivity index (χ0) is 21.1. The van der Waals surface area contributed by atoms with Crippen molar-refractivity contribution in [2.45, 2.75) is 39.2 Å². The van der Waals surface area contributed by atoms with Crippen LogP contribution in [0.4, 0.5) is 17.3 Å². The van der Waals surface area contributed by atoms with Crippen LogP contribution >= 0.6 is 0 Å². The molecule has 1 atom stereocenters. The molecule has 2 amide bonds. The highest BCUT2D eigenvalue weighted by Gasteiger charge is 2.39. The molecule has 152 valence electrons. The number of fused-ring (bicyclic) bond motifs is 1. The molecule has 1 aliphatic rings. The Balaban J connectivity index is 1.82. The Bertz CT molecular complexity index is 942. The molecule has 2 heterocycles. The molecule has 0 saturated heterocycles. The largest absolute Gasteiger partial charge is 0.474 e. The number of nitro groups is 1. The second kappa shape index (κ2) is 8.26. The quantitative estimate of drug-likeness (QED) is 0.590. The van der Waals surface area contributed by atoms with E-state index in [0.29, 0.717) is 18.0 Å². The highest BCUT2D eigenvalue weighted by Crippen LogP contribution is 2.34. The van der Waals surface area contributed by atoms with Crippen molar-refractivity contribution in [3.8, 4) is 5.75 Å². The van der Waals surface area contributed by atoms with Gasteiger partial charge in [-0.1, -0.05) is 32.9 Å². The topological polar surface area (TPSA) is 115 Å². The standard InChI is InChI=1S/C20H22N4O5/c1-4-15-20(26)23(19-16(29-15)9-10-17(22-19)24(27)28)11-18(25)21-14-7-5-13(6-8-14)12(2)3/h5-10,12,15H,4,11H2,1-3H3,(H,21,25). The van der Waals surface area contributed by atoms with Gasteiger partial charge in [-0.15, -0.1) is 0 Å². The van der Waals surface area contributed by atoms with E-state index < -0.39 is 28.7 Å². The van der Waals surface area contributed by atoms with E-state index >= 15 is 0 Å². The minimum absolute atomic E-state index is 0.0285. The van der Waals surface area contributed by atoms with Crippen molar-refractivity contribution >= 4 is 29.1 Å². The number of anilines is 2. The number of hydrogen-bond acceptors (Lipinski definition) is 6. The lowest BCUT2D eigenvalue weighted by atomic mass is 10.0. The molecule has 29 heavy (non-hydrogen) atoms. The SMILES string of the molecule is CCC1Oc2ccc([N+](=O)[O-])nc2N(CC(=O)Nc2ccc(C(C)C)cc2)C1=O. The Morgan fingerprint density at radius 1 is 1.28 bits per heavy atom. The van der Waals surface area contributed by atoms with Crippen LogP contribution in [-0.2, 0) is 9.59 Å². The molecule has 0 bridgehead atoms. The number of benzene rings is 1. The third-order valence-corrected chi connectivity index (χ3v) is 4.61. The zero-order valence-corrected chi connectivity index (χ0v) is 16.4. The molecule has 1 aromatic heterocycles. The van der Waals surface area contributed by atoms with E-state index in [1.54, 1.807) is 19.1 Å². The lowest BCUT2D eigenvalue weighted by Crippen LogP contribution is -2.49. The average molecular weight is 398 g/mol. The van der Waals surface area contributed by atoms with Crippen molar-refractivity contribution in [1.29, 1.82) is 0 Å². The molecule has 1 N–H and O–H groups in total. The number of aromatic nitrogens is 1. The Morgan fingerprint density at radius 3 is 2.55 bits per heavy atom. The van der Waals surface area contributed by atoms with Gasteiger partial charge >= 0.3 is 5.82 Å². The predicted octanol–water partition coefficient (Wildman–Crippen LogP) is 3.26. The molecule has 0 radical (unpaired) electrons. The summed E-state index contributed by atoms with van der Waals surface area (Å²) in [6.45, 7) is 5.60. The maximum atomic E-state index is 12.7. The molecule has 1 unspecified atom stereocenters. The van der Waals surface area contributed by atoms with E-state index in [9.17, 15) is 19.7 Å². The lowest BCUT2D eigenvalue weighted by molar-refractivity contribution is -0.389. The Morgan fingerprint density at radius 2 is 1.97 bits per heavy atom. The van der Waals surface area contributed by atoms with Crippen LogP contribution in [0.3, 0.4) is 0 Å². The van der Waals surface area contributed by atoms with Gasteiger partial charge in [-0.2, -0.15) is 0 Å². The van der Waals surface area contributed by atoms with E-state index in [-0.39, 0.29) is 18.1 Å². The first kappa shape index (κ1) is 20.2. The summed E-state index contributed by atoms with van der Waals surface area (Å²) < 4.78 is 5.59. The van der Waals surface area contributed by atoms with Gasteiger partial charge in [-0.25, -0.2) is 0 Å². The summed E-state index contributed by atoms with van der Waals surface area (Å²) in [6, 6.07) is 10.0. The van der Waals surface area contributed by atoms with Gasteiger partial charge < -0.3 is 20.2 Å². The highest BCUT2D eigenvalue weighted by atomic mass is 16.6. The van der Waals surface area contributed by atoms with Crippen LogP contribution < -0.4 is 15.0 Å². The van der Waals surface area contributed by atoms with Crippen molar-refractivity contribution in [1.82, 2.24) is 4.98 Å². The van der Waals surface area contributed by atoms with E-state index in [4.69, 9.17) is 4.74 Å². The first-order chi connectivity index (χ1) is 13.8. The Hall–Kier alpha value is -3.49. The monoisotopic (exact) mass is 398 g/mol. The van der Waals surface area contributed by atoms with Gasteiger partial charge in [0.2, 0.25) is 5.91 Å². The molecule has 1 aliphatic heterocycles. The number of carbonyl (C=O) groups is 2. The fourth-order valence-electron chi connectivity index (χ4n) is 3.00. The van der Waals surface area contributed by atoms with Gasteiger partial charge in [0, 0.05) is 11.8 Å². The number of nitrogens with zero attached hydrogens (tertiary/aromatic N) is 3. The molecule has 2 aromatic rings. The van der Waals surface area contributed by atoms with Gasteiger partial charge in [-0.3, -0.25) is 14.5 Å². The third-order valence-electron chi connectivity index (χ3n) is 4.61. The van der Waals surface area contributed by atoms with E-state index in [1.165, 1.54) is 12.1 Å². The number of pyridine rings is 1. The Kier molecular flexibility index (Phi) is 5.76. The van der Waals surface area contributed by atoms with Gasteiger partial charge in [0.25, 0.3) is 11.7 Å². The number of nitrogens with one attached hydrogen (secondary N) is 1. The first-order valence-electron chi connectivity index (χ1n) is 9.33. The fraction of sp³-hybridized carbons (Fsp3) is 0.350. The third kappa shape index (κ3) is 4.34. The van der Waals surface area contributed by atoms with Crippen LogP contribution in [0.25, 0.3) is 0 Å². The minimum atomic E-state index is -0.774. The molecule has 9 nitrogen and oxygen atoms in total. The van der Waals surface area contributed by atoms with Crippen LogP contribution in [0.2, 0.25) is 0 Å². The molecule has 1 aromatic carbocycles. The number of carbonyl (C=O) groups excluding carboxylic acids is 2. The van der Waals surface area contributed by atoms with Crippen LogP contribution in [-0.4, -0.2) is 34.4 Å². The normalized spacial score (nSPS) is 15.7. The molecular formula is C20H22N4O5. The second-order valence-electron chi connectivity index (χ2n) is 7.01. The number of hydrogen-bond donors (Lipinski definition) is 1. The summed E-state index contributed by atoms with van der Waals surface area (Å²) in [5.74, 6) is -0.750. The zero-order valence-electron chi connectivity index (χ0n) is 16.4. The minimum Gasteiger partial charge on any atom is -0.474 e. The molecule has 0 spiro atoms. The number of ether oxygens (including phenoxy) is 1. The predicted molar refractivity (Wildman–Crippen MR) is 107 cm³/mol. The molecule has 0 aliphatic carbocycles. The molecule has 3 rings (SSSR count).